The maximum absolute atomic E-state index is 12.6. The van der Waals surface area contributed by atoms with Crippen molar-refractivity contribution < 1.29 is 23.9 Å². The summed E-state index contributed by atoms with van der Waals surface area (Å²) in [4.78, 5) is 38.8. The zero-order valence-electron chi connectivity index (χ0n) is 21.6. The van der Waals surface area contributed by atoms with Gasteiger partial charge in [-0.2, -0.15) is 0 Å². The molecule has 3 aromatic rings. The summed E-state index contributed by atoms with van der Waals surface area (Å²) in [6.45, 7) is 8.20. The van der Waals surface area contributed by atoms with Crippen LogP contribution in [0.25, 0.3) is 0 Å². The van der Waals surface area contributed by atoms with E-state index < -0.39 is 24.4 Å². The first-order chi connectivity index (χ1) is 17.6. The van der Waals surface area contributed by atoms with E-state index in [1.54, 1.807) is 35.2 Å². The van der Waals surface area contributed by atoms with Crippen molar-refractivity contribution in [2.75, 3.05) is 23.4 Å². The zero-order valence-corrected chi connectivity index (χ0v) is 21.6. The van der Waals surface area contributed by atoms with Crippen molar-refractivity contribution >= 4 is 29.2 Å². The number of esters is 1. The number of hydrogen-bond acceptors (Lipinski definition) is 5. The van der Waals surface area contributed by atoms with Gasteiger partial charge in [0.25, 0.3) is 5.91 Å². The molecule has 1 fully saturated rings. The molecule has 0 aromatic heterocycles. The fourth-order valence-corrected chi connectivity index (χ4v) is 4.14. The third-order valence-electron chi connectivity index (χ3n) is 6.21. The molecule has 1 N–H and O–H groups in total. The van der Waals surface area contributed by atoms with Gasteiger partial charge in [0.1, 0.15) is 11.5 Å². The summed E-state index contributed by atoms with van der Waals surface area (Å²) in [5, 5.41) is 2.70. The third-order valence-corrected chi connectivity index (χ3v) is 6.21. The molecular formula is C30H32N2O5. The van der Waals surface area contributed by atoms with E-state index in [0.717, 1.165) is 11.3 Å². The molecule has 0 unspecified atom stereocenters. The molecule has 37 heavy (non-hydrogen) atoms. The van der Waals surface area contributed by atoms with Crippen molar-refractivity contribution in [1.29, 1.82) is 0 Å². The predicted octanol–water partition coefficient (Wildman–Crippen LogP) is 5.62. The minimum absolute atomic E-state index is 0.0384. The largest absolute Gasteiger partial charge is 0.457 e. The maximum Gasteiger partial charge on any atom is 0.311 e. The van der Waals surface area contributed by atoms with Crippen molar-refractivity contribution in [1.82, 2.24) is 0 Å². The van der Waals surface area contributed by atoms with Crippen molar-refractivity contribution in [3.63, 3.8) is 0 Å². The molecule has 192 valence electrons. The molecule has 0 radical (unpaired) electrons. The number of nitrogens with zero attached hydrogens (tertiary/aromatic N) is 1. The van der Waals surface area contributed by atoms with Crippen LogP contribution >= 0.6 is 0 Å². The lowest BCUT2D eigenvalue weighted by Crippen LogP contribution is -2.28. The van der Waals surface area contributed by atoms with Gasteiger partial charge < -0.3 is 19.7 Å². The summed E-state index contributed by atoms with van der Waals surface area (Å²) < 4.78 is 11.1. The first-order valence-corrected chi connectivity index (χ1v) is 12.3. The molecule has 7 heteroatoms. The number of rotatable bonds is 7. The lowest BCUT2D eigenvalue weighted by molar-refractivity contribution is -0.151. The van der Waals surface area contributed by atoms with E-state index in [9.17, 15) is 14.4 Å². The monoisotopic (exact) mass is 500 g/mol. The average Bonchev–Trinajstić information content (AvgIpc) is 3.24. The van der Waals surface area contributed by atoms with Crippen LogP contribution in [0.2, 0.25) is 0 Å². The normalized spacial score (nSPS) is 15.4. The number of amides is 2. The van der Waals surface area contributed by atoms with Crippen LogP contribution in [0, 0.1) is 12.8 Å². The highest BCUT2D eigenvalue weighted by Gasteiger charge is 2.36. The molecule has 7 nitrogen and oxygen atoms in total. The highest BCUT2D eigenvalue weighted by molar-refractivity contribution is 6.00. The van der Waals surface area contributed by atoms with Crippen molar-refractivity contribution in [3.05, 3.63) is 83.9 Å². The Labute approximate surface area is 217 Å². The van der Waals surface area contributed by atoms with Crippen LogP contribution in [0.3, 0.4) is 0 Å². The van der Waals surface area contributed by atoms with Gasteiger partial charge in [-0.3, -0.25) is 14.4 Å². The standard InChI is InChI=1S/C30H32N2O5/c1-20-6-5-7-23(16-20)31-27(33)19-36-29(35)21-17-28(34)32(18-21)24-10-14-26(15-11-24)37-25-12-8-22(9-13-25)30(2,3)4/h5-16,21H,17-19H2,1-4H3,(H,31,33)/t21-/m0/s1. The van der Waals surface area contributed by atoms with Gasteiger partial charge in [-0.15, -0.1) is 0 Å². The van der Waals surface area contributed by atoms with Crippen LogP contribution in [-0.2, 0) is 24.5 Å². The van der Waals surface area contributed by atoms with Gasteiger partial charge >= 0.3 is 5.97 Å². The molecule has 1 saturated heterocycles. The molecule has 3 aromatic carbocycles. The van der Waals surface area contributed by atoms with Crippen molar-refractivity contribution in [2.24, 2.45) is 5.92 Å². The third kappa shape index (κ3) is 6.76. The van der Waals surface area contributed by atoms with Gasteiger partial charge in [0.05, 0.1) is 5.92 Å². The molecule has 1 heterocycles. The fourth-order valence-electron chi connectivity index (χ4n) is 4.14. The molecule has 4 rings (SSSR count). The first-order valence-electron chi connectivity index (χ1n) is 12.3. The number of benzene rings is 3. The highest BCUT2D eigenvalue weighted by Crippen LogP contribution is 2.30. The summed E-state index contributed by atoms with van der Waals surface area (Å²) in [6, 6.07) is 22.5. The minimum Gasteiger partial charge on any atom is -0.457 e. The highest BCUT2D eigenvalue weighted by atomic mass is 16.5. The quantitative estimate of drug-likeness (QED) is 0.426. The second-order valence-corrected chi connectivity index (χ2v) is 10.3. The molecule has 0 spiro atoms. The fraction of sp³-hybridized carbons (Fsp3) is 0.300. The second kappa shape index (κ2) is 10.9. The van der Waals surface area contributed by atoms with Gasteiger partial charge in [0.2, 0.25) is 5.91 Å². The second-order valence-electron chi connectivity index (χ2n) is 10.3. The smallest absolute Gasteiger partial charge is 0.311 e. The summed E-state index contributed by atoms with van der Waals surface area (Å²) in [6.07, 6.45) is 0.0384. The molecule has 0 saturated carbocycles. The number of carbonyl (C=O) groups is 3. The molecule has 1 aliphatic rings. The summed E-state index contributed by atoms with van der Waals surface area (Å²) in [5.41, 5.74) is 3.61. The Morgan fingerprint density at radius 3 is 2.24 bits per heavy atom. The number of aryl methyl sites for hydroxylation is 1. The Kier molecular flexibility index (Phi) is 7.62. The van der Waals surface area contributed by atoms with E-state index in [-0.39, 0.29) is 24.3 Å². The molecule has 2 amide bonds. The van der Waals surface area contributed by atoms with E-state index >= 15 is 0 Å². The summed E-state index contributed by atoms with van der Waals surface area (Å²) >= 11 is 0. The molecule has 0 bridgehead atoms. The Bertz CT molecular complexity index is 1280. The Morgan fingerprint density at radius 2 is 1.62 bits per heavy atom. The summed E-state index contributed by atoms with van der Waals surface area (Å²) in [7, 11) is 0. The van der Waals surface area contributed by atoms with Gasteiger partial charge in [-0.05, 0) is 72.0 Å². The van der Waals surface area contributed by atoms with E-state index in [0.29, 0.717) is 17.1 Å². The van der Waals surface area contributed by atoms with Crippen molar-refractivity contribution in [3.8, 4) is 11.5 Å². The van der Waals surface area contributed by atoms with Gasteiger partial charge in [-0.1, -0.05) is 45.0 Å². The number of anilines is 2. The van der Waals surface area contributed by atoms with Crippen LogP contribution in [0.5, 0.6) is 11.5 Å². The molecule has 0 aliphatic carbocycles. The van der Waals surface area contributed by atoms with E-state index in [2.05, 4.69) is 38.2 Å². The zero-order chi connectivity index (χ0) is 26.6. The van der Waals surface area contributed by atoms with Gasteiger partial charge in [-0.25, -0.2) is 0 Å². The van der Waals surface area contributed by atoms with Crippen LogP contribution in [0.15, 0.2) is 72.8 Å². The number of carbonyl (C=O) groups excluding carboxylic acids is 3. The Morgan fingerprint density at radius 1 is 0.973 bits per heavy atom. The van der Waals surface area contributed by atoms with Crippen LogP contribution in [0.1, 0.15) is 38.3 Å². The van der Waals surface area contributed by atoms with E-state index in [1.807, 2.05) is 37.3 Å². The lowest BCUT2D eigenvalue weighted by atomic mass is 9.87. The van der Waals surface area contributed by atoms with Crippen molar-refractivity contribution in [2.45, 2.75) is 39.5 Å². The molecular weight excluding hydrogens is 468 g/mol. The Hall–Kier alpha value is -4.13. The molecule has 1 atom stereocenters. The van der Waals surface area contributed by atoms with Crippen LogP contribution < -0.4 is 15.0 Å². The van der Waals surface area contributed by atoms with Crippen LogP contribution in [0.4, 0.5) is 11.4 Å². The number of ether oxygens (including phenoxy) is 2. The SMILES string of the molecule is Cc1cccc(NC(=O)COC(=O)[C@H]2CC(=O)N(c3ccc(Oc4ccc(C(C)(C)C)cc4)cc3)C2)c1. The van der Waals surface area contributed by atoms with E-state index in [1.165, 1.54) is 5.56 Å². The number of hydrogen-bond donors (Lipinski definition) is 1. The lowest BCUT2D eigenvalue weighted by Gasteiger charge is -2.19. The van der Waals surface area contributed by atoms with Crippen LogP contribution in [-0.4, -0.2) is 30.9 Å². The first kappa shape index (κ1) is 25.9. The minimum atomic E-state index is -0.628. The maximum atomic E-state index is 12.6. The topological polar surface area (TPSA) is 84.9 Å². The van der Waals surface area contributed by atoms with Gasteiger partial charge in [0.15, 0.2) is 6.61 Å². The predicted molar refractivity (Wildman–Crippen MR) is 143 cm³/mol. The van der Waals surface area contributed by atoms with E-state index in [4.69, 9.17) is 9.47 Å². The number of nitrogens with one attached hydrogen (secondary N) is 1. The Balaban J connectivity index is 1.29. The average molecular weight is 501 g/mol. The molecule has 1 aliphatic heterocycles. The summed E-state index contributed by atoms with van der Waals surface area (Å²) in [5.74, 6) is -0.409. The van der Waals surface area contributed by atoms with Gasteiger partial charge in [0, 0.05) is 24.3 Å².